The highest BCUT2D eigenvalue weighted by atomic mass is 79.9. The highest BCUT2D eigenvalue weighted by Crippen LogP contribution is 2.23. The lowest BCUT2D eigenvalue weighted by atomic mass is 10.1. The van der Waals surface area contributed by atoms with Crippen LogP contribution in [0.5, 0.6) is 0 Å². The number of benzene rings is 2. The Hall–Kier alpha value is -1.35. The topological polar surface area (TPSA) is 12.0 Å². The van der Waals surface area contributed by atoms with Gasteiger partial charge >= 0.3 is 0 Å². The summed E-state index contributed by atoms with van der Waals surface area (Å²) in [5.41, 5.74) is 2.59. The molecule has 0 aliphatic rings. The van der Waals surface area contributed by atoms with E-state index in [1.807, 2.05) is 44.2 Å². The highest BCUT2D eigenvalue weighted by molar-refractivity contribution is 9.10. The van der Waals surface area contributed by atoms with E-state index in [-0.39, 0.29) is 11.9 Å². The van der Waals surface area contributed by atoms with Crippen molar-refractivity contribution >= 4 is 21.6 Å². The number of nitrogens with one attached hydrogen (secondary N) is 1. The summed E-state index contributed by atoms with van der Waals surface area (Å²) in [6.07, 6.45) is 0. The van der Waals surface area contributed by atoms with Gasteiger partial charge in [0.25, 0.3) is 0 Å². The fourth-order valence-corrected chi connectivity index (χ4v) is 2.07. The molecule has 18 heavy (non-hydrogen) atoms. The molecular weight excluding hydrogens is 293 g/mol. The number of halogens is 2. The Morgan fingerprint density at radius 3 is 2.39 bits per heavy atom. The Labute approximate surface area is 115 Å². The summed E-state index contributed by atoms with van der Waals surface area (Å²) in [6.45, 7) is 3.90. The predicted molar refractivity (Wildman–Crippen MR) is 77.3 cm³/mol. The lowest BCUT2D eigenvalue weighted by molar-refractivity contribution is 0.626. The van der Waals surface area contributed by atoms with Crippen LogP contribution in [0.25, 0.3) is 0 Å². The third kappa shape index (κ3) is 3.10. The molecule has 0 saturated carbocycles. The molecule has 0 saturated heterocycles. The van der Waals surface area contributed by atoms with Gasteiger partial charge in [-0.2, -0.15) is 0 Å². The lowest BCUT2D eigenvalue weighted by Gasteiger charge is -2.16. The summed E-state index contributed by atoms with van der Waals surface area (Å²) in [4.78, 5) is 0. The van der Waals surface area contributed by atoms with Gasteiger partial charge in [0.1, 0.15) is 5.82 Å². The van der Waals surface area contributed by atoms with E-state index in [1.165, 1.54) is 6.07 Å². The average molecular weight is 308 g/mol. The largest absolute Gasteiger partial charge is 0.376 e. The van der Waals surface area contributed by atoms with Gasteiger partial charge in [0.05, 0.1) is 5.69 Å². The molecule has 1 N–H and O–H groups in total. The number of hydrogen-bond acceptors (Lipinski definition) is 1. The molecule has 0 fully saturated rings. The molecule has 0 aliphatic carbocycles. The summed E-state index contributed by atoms with van der Waals surface area (Å²) in [7, 11) is 0. The van der Waals surface area contributed by atoms with Crippen molar-refractivity contribution in [3.63, 3.8) is 0 Å². The van der Waals surface area contributed by atoms with Crippen LogP contribution < -0.4 is 5.32 Å². The molecule has 0 heterocycles. The third-order valence-corrected chi connectivity index (χ3v) is 3.40. The number of aryl methyl sites for hydroxylation is 1. The molecule has 2 rings (SSSR count). The van der Waals surface area contributed by atoms with Gasteiger partial charge in [0, 0.05) is 10.5 Å². The monoisotopic (exact) mass is 307 g/mol. The molecule has 0 bridgehead atoms. The molecule has 1 nitrogen and oxygen atoms in total. The average Bonchev–Trinajstić information content (AvgIpc) is 2.33. The van der Waals surface area contributed by atoms with Crippen LogP contribution in [-0.2, 0) is 0 Å². The van der Waals surface area contributed by atoms with Crippen molar-refractivity contribution in [2.45, 2.75) is 19.9 Å². The van der Waals surface area contributed by atoms with Gasteiger partial charge in [-0.3, -0.25) is 0 Å². The van der Waals surface area contributed by atoms with Crippen molar-refractivity contribution in [1.82, 2.24) is 0 Å². The maximum atomic E-state index is 13.7. The third-order valence-electron chi connectivity index (χ3n) is 2.87. The van der Waals surface area contributed by atoms with E-state index >= 15 is 0 Å². The van der Waals surface area contributed by atoms with Gasteiger partial charge in [-0.15, -0.1) is 0 Å². The Bertz CT molecular complexity index is 537. The zero-order valence-electron chi connectivity index (χ0n) is 10.4. The summed E-state index contributed by atoms with van der Waals surface area (Å²) < 4.78 is 14.8. The molecule has 94 valence electrons. The molecule has 1 atom stereocenters. The Balaban J connectivity index is 2.15. The summed E-state index contributed by atoms with van der Waals surface area (Å²) in [5, 5.41) is 3.18. The van der Waals surface area contributed by atoms with E-state index in [2.05, 4.69) is 21.2 Å². The van der Waals surface area contributed by atoms with Crippen LogP contribution in [0.1, 0.15) is 24.1 Å². The Morgan fingerprint density at radius 1 is 1.11 bits per heavy atom. The molecule has 0 aromatic heterocycles. The van der Waals surface area contributed by atoms with Gasteiger partial charge < -0.3 is 5.32 Å². The van der Waals surface area contributed by atoms with Crippen LogP contribution in [0.15, 0.2) is 46.9 Å². The zero-order valence-corrected chi connectivity index (χ0v) is 12.0. The second kappa shape index (κ2) is 5.53. The van der Waals surface area contributed by atoms with Crippen molar-refractivity contribution < 1.29 is 4.39 Å². The fraction of sp³-hybridized carbons (Fsp3) is 0.200. The predicted octanol–water partition coefficient (Wildman–Crippen LogP) is 5.07. The first kappa shape index (κ1) is 13.1. The second-order valence-corrected chi connectivity index (χ2v) is 5.32. The number of rotatable bonds is 3. The minimum absolute atomic E-state index is 0.0651. The van der Waals surface area contributed by atoms with Crippen molar-refractivity contribution in [3.05, 3.63) is 63.9 Å². The first-order valence-electron chi connectivity index (χ1n) is 5.84. The van der Waals surface area contributed by atoms with Gasteiger partial charge in [-0.25, -0.2) is 4.39 Å². The van der Waals surface area contributed by atoms with Crippen LogP contribution in [0.2, 0.25) is 0 Å². The van der Waals surface area contributed by atoms with Gasteiger partial charge in [0.15, 0.2) is 0 Å². The summed E-state index contributed by atoms with van der Waals surface area (Å²) in [6, 6.07) is 13.3. The van der Waals surface area contributed by atoms with Crippen LogP contribution in [0.3, 0.4) is 0 Å². The molecule has 2 aromatic carbocycles. The maximum Gasteiger partial charge on any atom is 0.146 e. The molecule has 3 heteroatoms. The molecular formula is C15H15BrFN. The molecule has 0 aliphatic heterocycles. The molecule has 0 amide bonds. The van der Waals surface area contributed by atoms with Crippen molar-refractivity contribution in [2.24, 2.45) is 0 Å². The standard InChI is InChI=1S/C15H15BrFN/c1-10-3-8-15(14(17)9-10)18-11(2)12-4-6-13(16)7-5-12/h3-9,11,18H,1-2H3. The summed E-state index contributed by atoms with van der Waals surface area (Å²) in [5.74, 6) is -0.209. The zero-order chi connectivity index (χ0) is 13.1. The minimum atomic E-state index is -0.209. The second-order valence-electron chi connectivity index (χ2n) is 4.40. The SMILES string of the molecule is Cc1ccc(NC(C)c2ccc(Br)cc2)c(F)c1. The Morgan fingerprint density at radius 2 is 1.78 bits per heavy atom. The van der Waals surface area contributed by atoms with Crippen molar-refractivity contribution in [2.75, 3.05) is 5.32 Å². The van der Waals surface area contributed by atoms with E-state index in [0.29, 0.717) is 5.69 Å². The van der Waals surface area contributed by atoms with E-state index in [1.54, 1.807) is 6.07 Å². The van der Waals surface area contributed by atoms with Gasteiger partial charge in [-0.1, -0.05) is 34.1 Å². The van der Waals surface area contributed by atoms with Crippen LogP contribution >= 0.6 is 15.9 Å². The van der Waals surface area contributed by atoms with E-state index in [0.717, 1.165) is 15.6 Å². The normalized spacial score (nSPS) is 12.2. The van der Waals surface area contributed by atoms with Crippen molar-refractivity contribution in [1.29, 1.82) is 0 Å². The fourth-order valence-electron chi connectivity index (χ4n) is 1.81. The lowest BCUT2D eigenvalue weighted by Crippen LogP contribution is -2.07. The van der Waals surface area contributed by atoms with Crippen molar-refractivity contribution in [3.8, 4) is 0 Å². The van der Waals surface area contributed by atoms with E-state index < -0.39 is 0 Å². The highest BCUT2D eigenvalue weighted by Gasteiger charge is 2.08. The first-order chi connectivity index (χ1) is 8.56. The molecule has 1 unspecified atom stereocenters. The molecule has 2 aromatic rings. The van der Waals surface area contributed by atoms with Crippen LogP contribution in [0, 0.1) is 12.7 Å². The van der Waals surface area contributed by atoms with Gasteiger partial charge in [0.2, 0.25) is 0 Å². The maximum absolute atomic E-state index is 13.7. The first-order valence-corrected chi connectivity index (χ1v) is 6.64. The minimum Gasteiger partial charge on any atom is -0.376 e. The smallest absolute Gasteiger partial charge is 0.146 e. The van der Waals surface area contributed by atoms with E-state index in [9.17, 15) is 4.39 Å². The number of anilines is 1. The number of hydrogen-bond donors (Lipinski definition) is 1. The van der Waals surface area contributed by atoms with Gasteiger partial charge in [-0.05, 0) is 49.2 Å². The Kier molecular flexibility index (Phi) is 4.02. The van der Waals surface area contributed by atoms with E-state index in [4.69, 9.17) is 0 Å². The van der Waals surface area contributed by atoms with Crippen LogP contribution in [0.4, 0.5) is 10.1 Å². The quantitative estimate of drug-likeness (QED) is 0.834. The summed E-state index contributed by atoms with van der Waals surface area (Å²) >= 11 is 3.40. The molecule has 0 radical (unpaired) electrons. The van der Waals surface area contributed by atoms with Crippen LogP contribution in [-0.4, -0.2) is 0 Å². The molecule has 0 spiro atoms.